The summed E-state index contributed by atoms with van der Waals surface area (Å²) in [5, 5.41) is 10.3. The van der Waals surface area contributed by atoms with Crippen LogP contribution < -0.4 is 0 Å². The second kappa shape index (κ2) is 5.86. The minimum atomic E-state index is -0.280. The van der Waals surface area contributed by atoms with Crippen molar-refractivity contribution >= 4 is 0 Å². The van der Waals surface area contributed by atoms with E-state index >= 15 is 0 Å². The van der Waals surface area contributed by atoms with Crippen LogP contribution in [0.5, 0.6) is 0 Å². The zero-order valence-corrected chi connectivity index (χ0v) is 10.5. The van der Waals surface area contributed by atoms with Crippen molar-refractivity contribution in [1.29, 1.82) is 0 Å². The maximum absolute atomic E-state index is 10.3. The third-order valence-corrected chi connectivity index (χ3v) is 4.04. The van der Waals surface area contributed by atoms with Gasteiger partial charge in [-0.3, -0.25) is 0 Å². The van der Waals surface area contributed by atoms with Gasteiger partial charge in [-0.2, -0.15) is 0 Å². The minimum absolute atomic E-state index is 0.234. The molecule has 1 fully saturated rings. The quantitative estimate of drug-likeness (QED) is 0.762. The zero-order valence-electron chi connectivity index (χ0n) is 10.5. The Morgan fingerprint density at radius 3 is 2.33 bits per heavy atom. The molecular weight excluding hydrogens is 188 g/mol. The number of aliphatic hydroxyl groups is 1. The SMILES string of the molecule is CCC(C)CC(O)C1(OC)CCCCC1. The monoisotopic (exact) mass is 214 g/mol. The van der Waals surface area contributed by atoms with Crippen molar-refractivity contribution in [2.45, 2.75) is 70.5 Å². The fourth-order valence-electron chi connectivity index (χ4n) is 2.59. The summed E-state index contributed by atoms with van der Waals surface area (Å²) in [6.07, 6.45) is 7.49. The lowest BCUT2D eigenvalue weighted by molar-refractivity contribution is -0.128. The van der Waals surface area contributed by atoms with Crippen LogP contribution in [0.25, 0.3) is 0 Å². The lowest BCUT2D eigenvalue weighted by Crippen LogP contribution is -2.46. The van der Waals surface area contributed by atoms with E-state index in [9.17, 15) is 5.11 Å². The summed E-state index contributed by atoms with van der Waals surface area (Å²) in [5.41, 5.74) is -0.234. The predicted octanol–water partition coefficient (Wildman–Crippen LogP) is 3.13. The van der Waals surface area contributed by atoms with E-state index in [2.05, 4.69) is 13.8 Å². The maximum atomic E-state index is 10.3. The summed E-state index contributed by atoms with van der Waals surface area (Å²) in [5.74, 6) is 0.592. The van der Waals surface area contributed by atoms with Gasteiger partial charge in [0.25, 0.3) is 0 Å². The van der Waals surface area contributed by atoms with Gasteiger partial charge in [0.05, 0.1) is 11.7 Å². The van der Waals surface area contributed by atoms with Gasteiger partial charge in [-0.1, -0.05) is 39.5 Å². The molecule has 0 heterocycles. The van der Waals surface area contributed by atoms with Crippen molar-refractivity contribution in [3.63, 3.8) is 0 Å². The molecule has 15 heavy (non-hydrogen) atoms. The van der Waals surface area contributed by atoms with Crippen LogP contribution in [0, 0.1) is 5.92 Å². The van der Waals surface area contributed by atoms with Gasteiger partial charge in [0.2, 0.25) is 0 Å². The first-order chi connectivity index (χ1) is 7.14. The highest BCUT2D eigenvalue weighted by molar-refractivity contribution is 4.91. The van der Waals surface area contributed by atoms with E-state index in [-0.39, 0.29) is 11.7 Å². The van der Waals surface area contributed by atoms with Crippen molar-refractivity contribution in [2.75, 3.05) is 7.11 Å². The molecule has 0 aromatic heterocycles. The maximum Gasteiger partial charge on any atom is 0.0936 e. The van der Waals surface area contributed by atoms with Gasteiger partial charge in [-0.05, 0) is 25.2 Å². The molecule has 2 atom stereocenters. The van der Waals surface area contributed by atoms with Gasteiger partial charge < -0.3 is 9.84 Å². The molecule has 0 aromatic carbocycles. The summed E-state index contributed by atoms with van der Waals surface area (Å²) in [6.45, 7) is 4.38. The van der Waals surface area contributed by atoms with Crippen LogP contribution in [0.1, 0.15) is 58.8 Å². The Labute approximate surface area is 94.0 Å². The van der Waals surface area contributed by atoms with E-state index in [1.54, 1.807) is 7.11 Å². The molecule has 0 amide bonds. The molecule has 1 rings (SSSR count). The molecule has 0 saturated heterocycles. The standard InChI is InChI=1S/C13H26O2/c1-4-11(2)10-12(14)13(15-3)8-6-5-7-9-13/h11-12,14H,4-10H2,1-3H3. The molecule has 0 spiro atoms. The predicted molar refractivity (Wildman–Crippen MR) is 62.9 cm³/mol. The van der Waals surface area contributed by atoms with Crippen LogP contribution in [0.2, 0.25) is 0 Å². The van der Waals surface area contributed by atoms with E-state index in [4.69, 9.17) is 4.74 Å². The first-order valence-corrected chi connectivity index (χ1v) is 6.38. The lowest BCUT2D eigenvalue weighted by Gasteiger charge is -2.40. The molecule has 1 saturated carbocycles. The average Bonchev–Trinajstić information content (AvgIpc) is 2.29. The number of methoxy groups -OCH3 is 1. The number of aliphatic hydroxyl groups excluding tert-OH is 1. The molecular formula is C13H26O2. The third kappa shape index (κ3) is 3.18. The molecule has 2 heteroatoms. The van der Waals surface area contributed by atoms with Gasteiger partial charge in [0, 0.05) is 7.11 Å². The van der Waals surface area contributed by atoms with E-state index in [0.29, 0.717) is 5.92 Å². The minimum Gasteiger partial charge on any atom is -0.390 e. The molecule has 1 N–H and O–H groups in total. The summed E-state index contributed by atoms with van der Waals surface area (Å²) in [7, 11) is 1.76. The van der Waals surface area contributed by atoms with E-state index in [1.165, 1.54) is 19.3 Å². The van der Waals surface area contributed by atoms with Crippen molar-refractivity contribution in [3.8, 4) is 0 Å². The van der Waals surface area contributed by atoms with E-state index in [0.717, 1.165) is 25.7 Å². The van der Waals surface area contributed by atoms with Crippen LogP contribution in [0.15, 0.2) is 0 Å². The Morgan fingerprint density at radius 2 is 1.87 bits per heavy atom. The second-order valence-corrected chi connectivity index (χ2v) is 5.09. The Kier molecular flexibility index (Phi) is 5.07. The van der Waals surface area contributed by atoms with Gasteiger partial charge in [-0.15, -0.1) is 0 Å². The molecule has 0 aliphatic heterocycles. The van der Waals surface area contributed by atoms with Crippen molar-refractivity contribution in [1.82, 2.24) is 0 Å². The zero-order chi connectivity index (χ0) is 11.3. The average molecular weight is 214 g/mol. The molecule has 2 nitrogen and oxygen atoms in total. The Hall–Kier alpha value is -0.0800. The van der Waals surface area contributed by atoms with Crippen LogP contribution in [0.3, 0.4) is 0 Å². The van der Waals surface area contributed by atoms with Crippen LogP contribution in [-0.4, -0.2) is 23.9 Å². The first-order valence-electron chi connectivity index (χ1n) is 6.38. The molecule has 1 aliphatic rings. The number of rotatable bonds is 5. The highest BCUT2D eigenvalue weighted by atomic mass is 16.5. The fraction of sp³-hybridized carbons (Fsp3) is 1.00. The summed E-state index contributed by atoms with van der Waals surface area (Å²) in [6, 6.07) is 0. The third-order valence-electron chi connectivity index (χ3n) is 4.04. The fourth-order valence-corrected chi connectivity index (χ4v) is 2.59. The van der Waals surface area contributed by atoms with Gasteiger partial charge in [-0.25, -0.2) is 0 Å². The Balaban J connectivity index is 2.55. The topological polar surface area (TPSA) is 29.5 Å². The molecule has 2 unspecified atom stereocenters. The Morgan fingerprint density at radius 1 is 1.27 bits per heavy atom. The highest BCUT2D eigenvalue weighted by Crippen LogP contribution is 2.36. The molecule has 0 radical (unpaired) electrons. The lowest BCUT2D eigenvalue weighted by atomic mass is 9.77. The van der Waals surface area contributed by atoms with E-state index in [1.807, 2.05) is 0 Å². The van der Waals surface area contributed by atoms with Crippen molar-refractivity contribution in [2.24, 2.45) is 5.92 Å². The first kappa shape index (κ1) is 13.0. The van der Waals surface area contributed by atoms with Gasteiger partial charge in [0.15, 0.2) is 0 Å². The van der Waals surface area contributed by atoms with Crippen molar-refractivity contribution < 1.29 is 9.84 Å². The second-order valence-electron chi connectivity index (χ2n) is 5.09. The number of hydrogen-bond donors (Lipinski definition) is 1. The summed E-state index contributed by atoms with van der Waals surface area (Å²) < 4.78 is 5.64. The summed E-state index contributed by atoms with van der Waals surface area (Å²) >= 11 is 0. The van der Waals surface area contributed by atoms with Gasteiger partial charge >= 0.3 is 0 Å². The Bertz CT molecular complexity index is 173. The number of ether oxygens (including phenoxy) is 1. The van der Waals surface area contributed by atoms with Crippen LogP contribution in [-0.2, 0) is 4.74 Å². The molecule has 0 bridgehead atoms. The highest BCUT2D eigenvalue weighted by Gasteiger charge is 2.39. The largest absolute Gasteiger partial charge is 0.390 e. The molecule has 90 valence electrons. The number of hydrogen-bond acceptors (Lipinski definition) is 2. The summed E-state index contributed by atoms with van der Waals surface area (Å²) in [4.78, 5) is 0. The smallest absolute Gasteiger partial charge is 0.0936 e. The molecule has 0 aromatic rings. The van der Waals surface area contributed by atoms with Gasteiger partial charge in [0.1, 0.15) is 0 Å². The van der Waals surface area contributed by atoms with Crippen LogP contribution >= 0.6 is 0 Å². The van der Waals surface area contributed by atoms with E-state index < -0.39 is 0 Å². The van der Waals surface area contributed by atoms with Crippen LogP contribution in [0.4, 0.5) is 0 Å². The van der Waals surface area contributed by atoms with Crippen molar-refractivity contribution in [3.05, 3.63) is 0 Å². The molecule has 1 aliphatic carbocycles. The normalized spacial score (nSPS) is 24.8.